The number of amides is 1. The minimum Gasteiger partial charge on any atom is -0.356 e. The number of aryl methyl sites for hydroxylation is 1. The van der Waals surface area contributed by atoms with Gasteiger partial charge in [0.05, 0.1) is 6.42 Å². The van der Waals surface area contributed by atoms with Crippen LogP contribution in [0.3, 0.4) is 0 Å². The first-order valence-electron chi connectivity index (χ1n) is 6.60. The number of benzene rings is 1. The Balaban J connectivity index is 1.75. The number of carbonyl (C=O) groups is 1. The maximum Gasteiger partial charge on any atom is 0.224 e. The Morgan fingerprint density at radius 1 is 1.44 bits per heavy atom. The van der Waals surface area contributed by atoms with Crippen LogP contribution in [0.15, 0.2) is 24.3 Å². The summed E-state index contributed by atoms with van der Waals surface area (Å²) in [6.07, 6.45) is 4.13. The lowest BCUT2D eigenvalue weighted by molar-refractivity contribution is -0.120. The van der Waals surface area contributed by atoms with Gasteiger partial charge in [0.15, 0.2) is 0 Å². The Hall–Kier alpha value is -0.830. The Labute approximate surface area is 117 Å². The molecule has 1 N–H and O–H groups in total. The van der Waals surface area contributed by atoms with Crippen molar-refractivity contribution in [3.8, 4) is 0 Å². The monoisotopic (exact) mass is 309 g/mol. The van der Waals surface area contributed by atoms with Crippen LogP contribution in [0.4, 0.5) is 0 Å². The standard InChI is InChI=1S/C15H20BrNO/c1-11-3-2-4-12(7-11)9-15(18)17-10-13-5-6-14(16)8-13/h2-4,7,13-14H,5-6,8-10H2,1H3,(H,17,18). The van der Waals surface area contributed by atoms with Crippen LogP contribution >= 0.6 is 15.9 Å². The quantitative estimate of drug-likeness (QED) is 0.850. The molecule has 1 amide bonds. The van der Waals surface area contributed by atoms with Gasteiger partial charge < -0.3 is 5.32 Å². The second-order valence-electron chi connectivity index (χ2n) is 5.25. The SMILES string of the molecule is Cc1cccc(CC(=O)NCC2CCC(Br)C2)c1. The molecule has 2 unspecified atom stereocenters. The molecule has 1 aliphatic carbocycles. The van der Waals surface area contributed by atoms with E-state index in [9.17, 15) is 4.79 Å². The van der Waals surface area contributed by atoms with Gasteiger partial charge in [-0.2, -0.15) is 0 Å². The average molecular weight is 310 g/mol. The first kappa shape index (κ1) is 13.6. The lowest BCUT2D eigenvalue weighted by atomic mass is 10.1. The Morgan fingerprint density at radius 2 is 2.28 bits per heavy atom. The molecule has 0 heterocycles. The highest BCUT2D eigenvalue weighted by Crippen LogP contribution is 2.29. The van der Waals surface area contributed by atoms with E-state index < -0.39 is 0 Å². The molecule has 2 atom stereocenters. The minimum atomic E-state index is 0.138. The van der Waals surface area contributed by atoms with E-state index in [1.807, 2.05) is 12.1 Å². The summed E-state index contributed by atoms with van der Waals surface area (Å²) in [6, 6.07) is 8.14. The van der Waals surface area contributed by atoms with Gasteiger partial charge in [-0.1, -0.05) is 45.8 Å². The fraction of sp³-hybridized carbons (Fsp3) is 0.533. The molecule has 2 nitrogen and oxygen atoms in total. The molecule has 18 heavy (non-hydrogen) atoms. The highest BCUT2D eigenvalue weighted by molar-refractivity contribution is 9.09. The van der Waals surface area contributed by atoms with Crippen molar-refractivity contribution in [1.29, 1.82) is 0 Å². The molecule has 0 spiro atoms. The lowest BCUT2D eigenvalue weighted by Gasteiger charge is -2.11. The Bertz CT molecular complexity index is 419. The van der Waals surface area contributed by atoms with E-state index in [0.29, 0.717) is 17.2 Å². The van der Waals surface area contributed by atoms with Crippen LogP contribution in [0, 0.1) is 12.8 Å². The third-order valence-corrected chi connectivity index (χ3v) is 4.34. The molecule has 0 saturated heterocycles. The van der Waals surface area contributed by atoms with Crippen LogP contribution < -0.4 is 5.32 Å². The highest BCUT2D eigenvalue weighted by Gasteiger charge is 2.22. The number of rotatable bonds is 4. The number of alkyl halides is 1. The molecule has 0 aliphatic heterocycles. The van der Waals surface area contributed by atoms with Crippen LogP contribution in [0.2, 0.25) is 0 Å². The van der Waals surface area contributed by atoms with E-state index in [-0.39, 0.29) is 5.91 Å². The first-order chi connectivity index (χ1) is 8.63. The van der Waals surface area contributed by atoms with Gasteiger partial charge in [-0.05, 0) is 37.7 Å². The molecule has 1 aromatic carbocycles. The smallest absolute Gasteiger partial charge is 0.224 e. The summed E-state index contributed by atoms with van der Waals surface area (Å²) in [7, 11) is 0. The number of carbonyl (C=O) groups excluding carboxylic acids is 1. The lowest BCUT2D eigenvalue weighted by Crippen LogP contribution is -2.29. The van der Waals surface area contributed by atoms with Crippen LogP contribution in [0.1, 0.15) is 30.4 Å². The van der Waals surface area contributed by atoms with Gasteiger partial charge in [0, 0.05) is 11.4 Å². The van der Waals surface area contributed by atoms with E-state index in [0.717, 1.165) is 12.1 Å². The fourth-order valence-electron chi connectivity index (χ4n) is 2.53. The summed E-state index contributed by atoms with van der Waals surface area (Å²) in [4.78, 5) is 12.5. The molecule has 2 rings (SSSR count). The molecule has 1 saturated carbocycles. The molecule has 1 aromatic rings. The van der Waals surface area contributed by atoms with Gasteiger partial charge in [0.2, 0.25) is 5.91 Å². The van der Waals surface area contributed by atoms with Crippen molar-refractivity contribution in [3.05, 3.63) is 35.4 Å². The highest BCUT2D eigenvalue weighted by atomic mass is 79.9. The van der Waals surface area contributed by atoms with E-state index in [4.69, 9.17) is 0 Å². The van der Waals surface area contributed by atoms with Crippen LogP contribution in [0.25, 0.3) is 0 Å². The molecule has 0 aromatic heterocycles. The van der Waals surface area contributed by atoms with Crippen molar-refractivity contribution in [2.24, 2.45) is 5.92 Å². The molecule has 1 aliphatic rings. The van der Waals surface area contributed by atoms with Gasteiger partial charge in [0.1, 0.15) is 0 Å². The predicted octanol–water partition coefficient (Wildman–Crippen LogP) is 3.22. The number of halogens is 1. The maximum atomic E-state index is 11.8. The summed E-state index contributed by atoms with van der Waals surface area (Å²) >= 11 is 3.63. The average Bonchev–Trinajstić information content (AvgIpc) is 2.73. The van der Waals surface area contributed by atoms with Gasteiger partial charge in [-0.3, -0.25) is 4.79 Å². The van der Waals surface area contributed by atoms with Gasteiger partial charge >= 0.3 is 0 Å². The van der Waals surface area contributed by atoms with Crippen LogP contribution in [-0.2, 0) is 11.2 Å². The Kier molecular flexibility index (Phi) is 4.81. The zero-order chi connectivity index (χ0) is 13.0. The largest absolute Gasteiger partial charge is 0.356 e. The van der Waals surface area contributed by atoms with Crippen molar-refractivity contribution < 1.29 is 4.79 Å². The number of hydrogen-bond donors (Lipinski definition) is 1. The van der Waals surface area contributed by atoms with Gasteiger partial charge in [-0.15, -0.1) is 0 Å². The Morgan fingerprint density at radius 3 is 2.94 bits per heavy atom. The summed E-state index contributed by atoms with van der Waals surface area (Å²) in [5, 5.41) is 3.05. The summed E-state index contributed by atoms with van der Waals surface area (Å²) in [5.41, 5.74) is 2.30. The van der Waals surface area contributed by atoms with Crippen molar-refractivity contribution in [2.45, 2.75) is 37.4 Å². The fourth-order valence-corrected chi connectivity index (χ4v) is 3.32. The summed E-state index contributed by atoms with van der Waals surface area (Å²) in [6.45, 7) is 2.88. The van der Waals surface area contributed by atoms with E-state index in [1.165, 1.54) is 24.8 Å². The second-order valence-corrected chi connectivity index (χ2v) is 6.54. The van der Waals surface area contributed by atoms with Crippen LogP contribution in [0.5, 0.6) is 0 Å². The van der Waals surface area contributed by atoms with E-state index in [1.54, 1.807) is 0 Å². The normalized spacial score (nSPS) is 23.0. The zero-order valence-corrected chi connectivity index (χ0v) is 12.4. The van der Waals surface area contributed by atoms with Crippen molar-refractivity contribution in [1.82, 2.24) is 5.32 Å². The van der Waals surface area contributed by atoms with Gasteiger partial charge in [-0.25, -0.2) is 0 Å². The summed E-state index contributed by atoms with van der Waals surface area (Å²) < 4.78 is 0. The van der Waals surface area contributed by atoms with Crippen LogP contribution in [-0.4, -0.2) is 17.3 Å². The van der Waals surface area contributed by atoms with Crippen molar-refractivity contribution >= 4 is 21.8 Å². The second kappa shape index (κ2) is 6.37. The molecule has 0 radical (unpaired) electrons. The minimum absolute atomic E-state index is 0.138. The summed E-state index contributed by atoms with van der Waals surface area (Å²) in [5.74, 6) is 0.787. The maximum absolute atomic E-state index is 11.8. The third kappa shape index (κ3) is 4.13. The van der Waals surface area contributed by atoms with Crippen molar-refractivity contribution in [2.75, 3.05) is 6.54 Å². The molecule has 3 heteroatoms. The molecule has 0 bridgehead atoms. The topological polar surface area (TPSA) is 29.1 Å². The molecular formula is C15H20BrNO. The molecule has 98 valence electrons. The van der Waals surface area contributed by atoms with Gasteiger partial charge in [0.25, 0.3) is 0 Å². The number of nitrogens with one attached hydrogen (secondary N) is 1. The predicted molar refractivity (Wildman–Crippen MR) is 77.9 cm³/mol. The molecule has 1 fully saturated rings. The number of hydrogen-bond acceptors (Lipinski definition) is 1. The van der Waals surface area contributed by atoms with E-state index in [2.05, 4.69) is 40.3 Å². The first-order valence-corrected chi connectivity index (χ1v) is 7.51. The third-order valence-electron chi connectivity index (χ3n) is 3.51. The zero-order valence-electron chi connectivity index (χ0n) is 10.8. The molecular weight excluding hydrogens is 290 g/mol. The van der Waals surface area contributed by atoms with Crippen molar-refractivity contribution in [3.63, 3.8) is 0 Å². The van der Waals surface area contributed by atoms with E-state index >= 15 is 0 Å².